The van der Waals surface area contributed by atoms with E-state index < -0.39 is 55.4 Å². The lowest BCUT2D eigenvalue weighted by atomic mass is 9.88. The largest absolute Gasteiger partial charge is 0.394 e. The van der Waals surface area contributed by atoms with Gasteiger partial charge in [-0.05, 0) is 19.3 Å². The Bertz CT molecular complexity index is 908. The zero-order valence-corrected chi connectivity index (χ0v) is 38.7. The summed E-state index contributed by atoms with van der Waals surface area (Å²) in [6.07, 6.45) is 36.2. The summed E-state index contributed by atoms with van der Waals surface area (Å²) in [6, 6.07) is -0.930. The first-order valence-electron chi connectivity index (χ1n) is 25.7. The molecule has 0 aromatic carbocycles. The van der Waals surface area contributed by atoms with Crippen LogP contribution in [0.25, 0.3) is 0 Å². The summed E-state index contributed by atoms with van der Waals surface area (Å²) in [4.78, 5) is 13.1. The Balaban J connectivity index is 2.26. The summed E-state index contributed by atoms with van der Waals surface area (Å²) in [7, 11) is 0. The fourth-order valence-electron chi connectivity index (χ4n) is 8.89. The first-order valence-corrected chi connectivity index (χ1v) is 25.7. The third-order valence-electron chi connectivity index (χ3n) is 13.0. The van der Waals surface area contributed by atoms with Crippen molar-refractivity contribution in [2.24, 2.45) is 0 Å². The second kappa shape index (κ2) is 40.0. The number of hydrogen-bond donors (Lipinski definition) is 7. The van der Waals surface area contributed by atoms with Crippen molar-refractivity contribution in [3.63, 3.8) is 0 Å². The van der Waals surface area contributed by atoms with E-state index in [0.29, 0.717) is 12.8 Å². The number of amides is 1. The lowest BCUT2D eigenvalue weighted by Gasteiger charge is -2.42. The van der Waals surface area contributed by atoms with Gasteiger partial charge >= 0.3 is 0 Å². The minimum absolute atomic E-state index is 0.0801. The molecule has 8 atom stereocenters. The average molecular weight is 842 g/mol. The number of aliphatic hydroxyl groups is 6. The molecular formula is C50H99NO8. The van der Waals surface area contributed by atoms with Gasteiger partial charge in [0.25, 0.3) is 0 Å². The van der Waals surface area contributed by atoms with Gasteiger partial charge in [0.05, 0.1) is 24.9 Å². The Hall–Kier alpha value is -0.810. The Morgan fingerprint density at radius 3 is 1.15 bits per heavy atom. The van der Waals surface area contributed by atoms with Crippen LogP contribution in [0.4, 0.5) is 0 Å². The number of carbonyl (C=O) groups is 1. The smallest absolute Gasteiger partial charge is 0.220 e. The number of hydrogen-bond acceptors (Lipinski definition) is 8. The second-order valence-electron chi connectivity index (χ2n) is 18.5. The molecule has 352 valence electrons. The summed E-state index contributed by atoms with van der Waals surface area (Å²) in [5.74, 6) is -0.236. The molecule has 1 aliphatic rings. The van der Waals surface area contributed by atoms with Gasteiger partial charge < -0.3 is 40.7 Å². The Morgan fingerprint density at radius 1 is 0.475 bits per heavy atom. The minimum atomic E-state index is -1.54. The van der Waals surface area contributed by atoms with E-state index in [1.807, 2.05) is 0 Å². The maximum Gasteiger partial charge on any atom is 0.220 e. The first-order chi connectivity index (χ1) is 28.8. The van der Waals surface area contributed by atoms with Crippen LogP contribution in [0.3, 0.4) is 0 Å². The third-order valence-corrected chi connectivity index (χ3v) is 13.0. The van der Waals surface area contributed by atoms with Crippen molar-refractivity contribution < 1.29 is 40.2 Å². The normalized spacial score (nSPS) is 21.1. The molecule has 9 nitrogen and oxygen atoms in total. The van der Waals surface area contributed by atoms with E-state index >= 15 is 0 Å². The number of unbranched alkanes of at least 4 members (excludes halogenated alkanes) is 33. The van der Waals surface area contributed by atoms with E-state index in [1.165, 1.54) is 186 Å². The van der Waals surface area contributed by atoms with Gasteiger partial charge in [0.15, 0.2) is 0 Å². The monoisotopic (exact) mass is 842 g/mol. The van der Waals surface area contributed by atoms with Crippen molar-refractivity contribution in [1.82, 2.24) is 5.32 Å². The summed E-state index contributed by atoms with van der Waals surface area (Å²) in [5, 5.41) is 66.1. The molecule has 9 heteroatoms. The number of ether oxygens (including phenoxy) is 1. The molecule has 0 bridgehead atoms. The van der Waals surface area contributed by atoms with Gasteiger partial charge in [-0.2, -0.15) is 0 Å². The highest BCUT2D eigenvalue weighted by molar-refractivity contribution is 5.76. The third kappa shape index (κ3) is 30.0. The van der Waals surface area contributed by atoms with Gasteiger partial charge in [0, 0.05) is 6.42 Å². The molecule has 3 unspecified atom stereocenters. The predicted molar refractivity (Wildman–Crippen MR) is 245 cm³/mol. The van der Waals surface area contributed by atoms with Crippen LogP contribution in [-0.4, -0.2) is 91.9 Å². The fourth-order valence-corrected chi connectivity index (χ4v) is 8.89. The highest BCUT2D eigenvalue weighted by Crippen LogP contribution is 2.26. The topological polar surface area (TPSA) is 160 Å². The molecule has 0 radical (unpaired) electrons. The van der Waals surface area contributed by atoms with E-state index in [4.69, 9.17) is 4.74 Å². The van der Waals surface area contributed by atoms with Gasteiger partial charge in [0.2, 0.25) is 5.91 Å². The van der Waals surface area contributed by atoms with Gasteiger partial charge in [0.1, 0.15) is 30.5 Å². The van der Waals surface area contributed by atoms with Gasteiger partial charge in [-0.1, -0.05) is 232 Å². The number of aliphatic hydroxyl groups excluding tert-OH is 6. The first kappa shape index (κ1) is 56.2. The van der Waals surface area contributed by atoms with Crippen LogP contribution in [0.2, 0.25) is 0 Å². The quantitative estimate of drug-likeness (QED) is 0.0299. The van der Waals surface area contributed by atoms with Crippen LogP contribution < -0.4 is 5.32 Å². The maximum absolute atomic E-state index is 13.1. The van der Waals surface area contributed by atoms with Crippen molar-refractivity contribution in [1.29, 1.82) is 0 Å². The molecular weight excluding hydrogens is 743 g/mol. The zero-order valence-electron chi connectivity index (χ0n) is 38.7. The van der Waals surface area contributed by atoms with Crippen molar-refractivity contribution in [3.05, 3.63) is 0 Å². The lowest BCUT2D eigenvalue weighted by Crippen LogP contribution is -2.61. The van der Waals surface area contributed by atoms with Crippen molar-refractivity contribution >= 4 is 5.91 Å². The van der Waals surface area contributed by atoms with E-state index in [-0.39, 0.29) is 12.3 Å². The van der Waals surface area contributed by atoms with E-state index in [9.17, 15) is 35.4 Å². The summed E-state index contributed by atoms with van der Waals surface area (Å²) in [5.41, 5.74) is 0. The number of nitrogens with one attached hydrogen (secondary N) is 1. The summed E-state index contributed by atoms with van der Waals surface area (Å²) in [6.45, 7) is 3.97. The molecule has 0 aromatic rings. The molecule has 1 rings (SSSR count). The molecule has 7 N–H and O–H groups in total. The highest BCUT2D eigenvalue weighted by atomic mass is 16.5. The Kier molecular flexibility index (Phi) is 38.1. The lowest BCUT2D eigenvalue weighted by molar-refractivity contribution is -0.233. The van der Waals surface area contributed by atoms with Gasteiger partial charge in [-0.15, -0.1) is 0 Å². The van der Waals surface area contributed by atoms with Gasteiger partial charge in [-0.3, -0.25) is 4.79 Å². The van der Waals surface area contributed by atoms with Crippen LogP contribution in [0.15, 0.2) is 0 Å². The molecule has 0 spiro atoms. The molecule has 0 aliphatic carbocycles. The fraction of sp³-hybridized carbons (Fsp3) is 0.980. The molecule has 1 aliphatic heterocycles. The van der Waals surface area contributed by atoms with Crippen molar-refractivity contribution in [2.45, 2.75) is 307 Å². The van der Waals surface area contributed by atoms with E-state index in [0.717, 1.165) is 38.5 Å². The number of carbonyl (C=O) groups excluding carboxylic acids is 1. The number of rotatable bonds is 43. The highest BCUT2D eigenvalue weighted by Gasteiger charge is 2.45. The molecule has 1 saturated heterocycles. The molecule has 0 aromatic heterocycles. The van der Waals surface area contributed by atoms with E-state index in [2.05, 4.69) is 19.2 Å². The molecule has 59 heavy (non-hydrogen) atoms. The SMILES string of the molecule is CCCCCCCCCCCCCCCCCCCCCCCCCC(=O)NC(C[C@H]1O[C@H](CO)[C@H](O)[C@H](O)[C@H]1O)C(O)C(O)CCCCCCCCCCCCCC. The molecule has 0 saturated carbocycles. The molecule has 1 fully saturated rings. The maximum atomic E-state index is 13.1. The predicted octanol–water partition coefficient (Wildman–Crippen LogP) is 10.9. The van der Waals surface area contributed by atoms with Crippen LogP contribution in [0.1, 0.15) is 258 Å². The average Bonchev–Trinajstić information content (AvgIpc) is 3.23. The minimum Gasteiger partial charge on any atom is -0.394 e. The standard InChI is InChI=1S/C50H99NO8/c1-3-5-7-9-11-13-15-17-18-19-20-21-22-23-24-25-26-27-29-31-33-35-37-39-46(54)51-42(40-44-48(56)50(58)49(57)45(41-52)59-44)47(55)43(53)38-36-34-32-30-28-16-14-12-10-8-6-4-2/h42-45,47-50,52-53,55-58H,3-41H2,1-2H3,(H,51,54)/t42?,43?,44-,45-,47?,48+,49+,50-/m1/s1. The van der Waals surface area contributed by atoms with Crippen LogP contribution in [0.5, 0.6) is 0 Å². The second-order valence-corrected chi connectivity index (χ2v) is 18.5. The molecule has 1 heterocycles. The van der Waals surface area contributed by atoms with Crippen molar-refractivity contribution in [2.75, 3.05) is 6.61 Å². The van der Waals surface area contributed by atoms with Crippen LogP contribution >= 0.6 is 0 Å². The summed E-state index contributed by atoms with van der Waals surface area (Å²) < 4.78 is 5.71. The Morgan fingerprint density at radius 2 is 0.797 bits per heavy atom. The summed E-state index contributed by atoms with van der Waals surface area (Å²) >= 11 is 0. The van der Waals surface area contributed by atoms with E-state index in [1.54, 1.807) is 0 Å². The zero-order chi connectivity index (χ0) is 43.2. The van der Waals surface area contributed by atoms with Gasteiger partial charge in [-0.25, -0.2) is 0 Å². The van der Waals surface area contributed by atoms with Crippen LogP contribution in [-0.2, 0) is 9.53 Å². The molecule has 1 amide bonds. The van der Waals surface area contributed by atoms with Crippen LogP contribution in [0, 0.1) is 0 Å². The Labute approximate surface area is 363 Å². The van der Waals surface area contributed by atoms with Crippen molar-refractivity contribution in [3.8, 4) is 0 Å².